The van der Waals surface area contributed by atoms with E-state index in [9.17, 15) is 4.79 Å². The van der Waals surface area contributed by atoms with Gasteiger partial charge in [0.25, 0.3) is 5.89 Å². The topological polar surface area (TPSA) is 71.7 Å². The Bertz CT molecular complexity index is 855. The van der Waals surface area contributed by atoms with Gasteiger partial charge in [0.15, 0.2) is 11.6 Å². The summed E-state index contributed by atoms with van der Waals surface area (Å²) in [4.78, 5) is 20.5. The van der Waals surface area contributed by atoms with Crippen LogP contribution in [0.4, 0.5) is 10.1 Å². The zero-order chi connectivity index (χ0) is 20.4. The number of ether oxygens (including phenoxy) is 1. The van der Waals surface area contributed by atoms with Gasteiger partial charge in [-0.2, -0.15) is 4.98 Å². The number of benzene rings is 1. The molecule has 0 bridgehead atoms. The van der Waals surface area contributed by atoms with E-state index in [2.05, 4.69) is 10.1 Å². The van der Waals surface area contributed by atoms with E-state index in [1.807, 2.05) is 29.7 Å². The molecule has 0 atom stereocenters. The molecule has 29 heavy (non-hydrogen) atoms. The lowest BCUT2D eigenvalue weighted by Crippen LogP contribution is -2.40. The van der Waals surface area contributed by atoms with Gasteiger partial charge in [0, 0.05) is 38.0 Å². The highest BCUT2D eigenvalue weighted by atomic mass is 19.1. The van der Waals surface area contributed by atoms with Gasteiger partial charge in [-0.25, -0.2) is 4.39 Å². The predicted molar refractivity (Wildman–Crippen MR) is 106 cm³/mol. The Hall–Kier alpha value is -2.48. The van der Waals surface area contributed by atoms with Crippen LogP contribution in [0, 0.1) is 11.7 Å². The second kappa shape index (κ2) is 8.49. The van der Waals surface area contributed by atoms with Crippen molar-refractivity contribution in [2.24, 2.45) is 5.92 Å². The van der Waals surface area contributed by atoms with Crippen molar-refractivity contribution in [2.45, 2.75) is 32.6 Å². The van der Waals surface area contributed by atoms with E-state index in [-0.39, 0.29) is 29.5 Å². The van der Waals surface area contributed by atoms with Crippen molar-refractivity contribution in [1.29, 1.82) is 0 Å². The van der Waals surface area contributed by atoms with Crippen molar-refractivity contribution < 1.29 is 18.4 Å². The first-order valence-corrected chi connectivity index (χ1v) is 10.3. The Morgan fingerprint density at radius 1 is 1.17 bits per heavy atom. The van der Waals surface area contributed by atoms with Gasteiger partial charge in [-0.1, -0.05) is 25.1 Å². The van der Waals surface area contributed by atoms with E-state index < -0.39 is 0 Å². The first-order chi connectivity index (χ1) is 14.0. The molecule has 4 rings (SSSR count). The Morgan fingerprint density at radius 3 is 2.59 bits per heavy atom. The van der Waals surface area contributed by atoms with Crippen molar-refractivity contribution in [1.82, 2.24) is 15.0 Å². The van der Waals surface area contributed by atoms with Gasteiger partial charge in [0.2, 0.25) is 5.91 Å². The molecule has 3 heterocycles. The van der Waals surface area contributed by atoms with E-state index in [1.165, 1.54) is 0 Å². The summed E-state index contributed by atoms with van der Waals surface area (Å²) in [6.07, 6.45) is 1.57. The van der Waals surface area contributed by atoms with Crippen LogP contribution < -0.4 is 4.90 Å². The summed E-state index contributed by atoms with van der Waals surface area (Å²) in [5, 5.41) is 4.11. The molecule has 2 aliphatic heterocycles. The molecule has 1 amide bonds. The summed E-state index contributed by atoms with van der Waals surface area (Å²) in [6.45, 7) is 7.70. The Labute approximate surface area is 169 Å². The number of hydrogen-bond donors (Lipinski definition) is 0. The third-order valence-corrected chi connectivity index (χ3v) is 5.67. The standard InChI is InChI=1S/C21H27FN4O3/c1-14(2)21(27)26-8-6-15(7-9-26)19-23-20(29-24-19)16-4-3-5-17(18(16)22)25-10-12-28-13-11-25/h3-5,14-15H,6-13H2,1-2H3. The number of carbonyl (C=O) groups is 1. The Kier molecular flexibility index (Phi) is 5.80. The maximum absolute atomic E-state index is 15.2. The number of aromatic nitrogens is 2. The summed E-state index contributed by atoms with van der Waals surface area (Å²) in [5.41, 5.74) is 0.853. The molecule has 1 aromatic carbocycles. The molecule has 0 radical (unpaired) electrons. The summed E-state index contributed by atoms with van der Waals surface area (Å²) >= 11 is 0. The molecule has 8 heteroatoms. The quantitative estimate of drug-likeness (QED) is 0.783. The minimum atomic E-state index is -0.345. The molecule has 2 fully saturated rings. The summed E-state index contributed by atoms with van der Waals surface area (Å²) in [5.74, 6) is 0.751. The van der Waals surface area contributed by atoms with Gasteiger partial charge in [-0.15, -0.1) is 0 Å². The molecule has 2 saturated heterocycles. The van der Waals surface area contributed by atoms with Crippen molar-refractivity contribution in [3.05, 3.63) is 29.8 Å². The van der Waals surface area contributed by atoms with Crippen LogP contribution in [0.2, 0.25) is 0 Å². The minimum Gasteiger partial charge on any atom is -0.378 e. The van der Waals surface area contributed by atoms with Gasteiger partial charge >= 0.3 is 0 Å². The summed E-state index contributed by atoms with van der Waals surface area (Å²) in [7, 11) is 0. The summed E-state index contributed by atoms with van der Waals surface area (Å²) in [6, 6.07) is 5.24. The predicted octanol–water partition coefficient (Wildman–Crippen LogP) is 3.07. The zero-order valence-corrected chi connectivity index (χ0v) is 16.9. The second-order valence-corrected chi connectivity index (χ2v) is 7.95. The molecule has 7 nitrogen and oxygen atoms in total. The lowest BCUT2D eigenvalue weighted by Gasteiger charge is -2.31. The van der Waals surface area contributed by atoms with Gasteiger partial charge in [0.1, 0.15) is 0 Å². The van der Waals surface area contributed by atoms with E-state index in [0.717, 1.165) is 12.8 Å². The number of amides is 1. The van der Waals surface area contributed by atoms with Crippen LogP contribution in [0.1, 0.15) is 38.4 Å². The number of likely N-dealkylation sites (tertiary alicyclic amines) is 1. The first kappa shape index (κ1) is 19.8. The van der Waals surface area contributed by atoms with Gasteiger partial charge in [-0.05, 0) is 25.0 Å². The number of anilines is 1. The highest BCUT2D eigenvalue weighted by Gasteiger charge is 2.29. The van der Waals surface area contributed by atoms with Crippen LogP contribution in [0.25, 0.3) is 11.5 Å². The molecule has 0 saturated carbocycles. The first-order valence-electron chi connectivity index (χ1n) is 10.3. The third-order valence-electron chi connectivity index (χ3n) is 5.67. The normalized spacial score (nSPS) is 18.5. The SMILES string of the molecule is CC(C)C(=O)N1CCC(c2noc(-c3cccc(N4CCOCC4)c3F)n2)CC1. The fraction of sp³-hybridized carbons (Fsp3) is 0.571. The smallest absolute Gasteiger partial charge is 0.260 e. The highest BCUT2D eigenvalue weighted by Crippen LogP contribution is 2.32. The molecule has 2 aromatic rings. The van der Waals surface area contributed by atoms with Crippen LogP contribution >= 0.6 is 0 Å². The largest absolute Gasteiger partial charge is 0.378 e. The fourth-order valence-corrected chi connectivity index (χ4v) is 3.97. The average molecular weight is 402 g/mol. The summed E-state index contributed by atoms with van der Waals surface area (Å²) < 4.78 is 25.9. The molecule has 2 aliphatic rings. The van der Waals surface area contributed by atoms with E-state index >= 15 is 4.39 Å². The van der Waals surface area contributed by atoms with Crippen molar-refractivity contribution in [3.63, 3.8) is 0 Å². The molecule has 0 spiro atoms. The van der Waals surface area contributed by atoms with Crippen LogP contribution in [0.15, 0.2) is 22.7 Å². The van der Waals surface area contributed by atoms with Crippen molar-refractivity contribution in [3.8, 4) is 11.5 Å². The lowest BCUT2D eigenvalue weighted by atomic mass is 9.95. The van der Waals surface area contributed by atoms with Gasteiger partial charge in [-0.3, -0.25) is 4.79 Å². The van der Waals surface area contributed by atoms with Gasteiger partial charge in [0.05, 0.1) is 24.5 Å². The molecular formula is C21H27FN4O3. The maximum Gasteiger partial charge on any atom is 0.260 e. The number of piperidine rings is 1. The number of carbonyl (C=O) groups excluding carboxylic acids is 1. The molecular weight excluding hydrogens is 375 g/mol. The van der Waals surface area contributed by atoms with Crippen molar-refractivity contribution >= 4 is 11.6 Å². The number of nitrogens with zero attached hydrogens (tertiary/aromatic N) is 4. The monoisotopic (exact) mass is 402 g/mol. The Morgan fingerprint density at radius 2 is 1.90 bits per heavy atom. The van der Waals surface area contributed by atoms with Crippen molar-refractivity contribution in [2.75, 3.05) is 44.3 Å². The minimum absolute atomic E-state index is 0.00467. The molecule has 0 unspecified atom stereocenters. The molecule has 0 aliphatic carbocycles. The van der Waals surface area contributed by atoms with Crippen LogP contribution in [-0.2, 0) is 9.53 Å². The highest BCUT2D eigenvalue weighted by molar-refractivity contribution is 5.78. The Balaban J connectivity index is 1.48. The number of hydrogen-bond acceptors (Lipinski definition) is 6. The number of morpholine rings is 1. The number of halogens is 1. The fourth-order valence-electron chi connectivity index (χ4n) is 3.97. The van der Waals surface area contributed by atoms with E-state index in [0.29, 0.717) is 56.5 Å². The molecule has 0 N–H and O–H groups in total. The van der Waals surface area contributed by atoms with E-state index in [1.54, 1.807) is 12.1 Å². The van der Waals surface area contributed by atoms with Gasteiger partial charge < -0.3 is 19.1 Å². The second-order valence-electron chi connectivity index (χ2n) is 7.95. The average Bonchev–Trinajstić information content (AvgIpc) is 3.24. The van der Waals surface area contributed by atoms with Crippen LogP contribution in [0.3, 0.4) is 0 Å². The maximum atomic E-state index is 15.2. The molecule has 1 aromatic heterocycles. The third kappa shape index (κ3) is 4.12. The zero-order valence-electron chi connectivity index (χ0n) is 16.9. The lowest BCUT2D eigenvalue weighted by molar-refractivity contribution is -0.135. The van der Waals surface area contributed by atoms with Crippen LogP contribution in [-0.4, -0.2) is 60.3 Å². The molecule has 156 valence electrons. The number of rotatable bonds is 4. The van der Waals surface area contributed by atoms with Crippen LogP contribution in [0.5, 0.6) is 0 Å². The van der Waals surface area contributed by atoms with E-state index in [4.69, 9.17) is 9.26 Å².